The van der Waals surface area contributed by atoms with Crippen LogP contribution in [0.3, 0.4) is 0 Å². The lowest BCUT2D eigenvalue weighted by Gasteiger charge is -2.24. The number of hydrogen-bond donors (Lipinski definition) is 2. The van der Waals surface area contributed by atoms with Crippen LogP contribution in [0.2, 0.25) is 5.02 Å². The molecule has 1 rings (SSSR count). The molecule has 1 aromatic carbocycles. The summed E-state index contributed by atoms with van der Waals surface area (Å²) in [6.45, 7) is 4.11. The lowest BCUT2D eigenvalue weighted by atomic mass is 9.93. The molecule has 1 aromatic rings. The average molecular weight is 213 g/mol. The van der Waals surface area contributed by atoms with Gasteiger partial charge in [-0.15, -0.1) is 0 Å². The molecule has 0 aliphatic heterocycles. The molecule has 0 fully saturated rings. The van der Waals surface area contributed by atoms with Gasteiger partial charge in [0.1, 0.15) is 0 Å². The first kappa shape index (κ1) is 11.5. The molecule has 0 aliphatic carbocycles. The molecule has 0 unspecified atom stereocenters. The van der Waals surface area contributed by atoms with Crippen LogP contribution in [0.25, 0.3) is 0 Å². The average Bonchev–Trinajstić information content (AvgIpc) is 2.16. The monoisotopic (exact) mass is 212 g/mol. The van der Waals surface area contributed by atoms with E-state index in [0.717, 1.165) is 5.56 Å². The van der Waals surface area contributed by atoms with E-state index in [0.29, 0.717) is 10.9 Å². The molecular formula is C11H17ClN2. The van der Waals surface area contributed by atoms with Crippen molar-refractivity contribution in [1.29, 1.82) is 0 Å². The zero-order valence-corrected chi connectivity index (χ0v) is 9.33. The third-order valence-electron chi connectivity index (χ3n) is 2.45. The Kier molecular flexibility index (Phi) is 3.93. The summed E-state index contributed by atoms with van der Waals surface area (Å²) in [5.74, 6) is 0.348. The van der Waals surface area contributed by atoms with Crippen LogP contribution < -0.4 is 11.5 Å². The van der Waals surface area contributed by atoms with Gasteiger partial charge in [-0.25, -0.2) is 0 Å². The van der Waals surface area contributed by atoms with Gasteiger partial charge in [0, 0.05) is 17.1 Å². The van der Waals surface area contributed by atoms with E-state index in [-0.39, 0.29) is 12.1 Å². The van der Waals surface area contributed by atoms with Crippen LogP contribution in [0, 0.1) is 5.92 Å². The fraction of sp³-hybridized carbons (Fsp3) is 0.455. The van der Waals surface area contributed by atoms with E-state index >= 15 is 0 Å². The van der Waals surface area contributed by atoms with Crippen LogP contribution in [0.5, 0.6) is 0 Å². The fourth-order valence-corrected chi connectivity index (χ4v) is 1.63. The highest BCUT2D eigenvalue weighted by atomic mass is 35.5. The highest BCUT2D eigenvalue weighted by molar-refractivity contribution is 6.31. The van der Waals surface area contributed by atoms with Gasteiger partial charge >= 0.3 is 0 Å². The number of benzene rings is 1. The Morgan fingerprint density at radius 2 is 1.71 bits per heavy atom. The minimum absolute atomic E-state index is 0.0603. The predicted molar refractivity (Wildman–Crippen MR) is 61.2 cm³/mol. The van der Waals surface area contributed by atoms with Crippen LogP contribution in [0.1, 0.15) is 25.5 Å². The SMILES string of the molecule is CC(C)[C@H](N)[C@@H](N)c1ccccc1Cl. The van der Waals surface area contributed by atoms with Crippen molar-refractivity contribution in [2.75, 3.05) is 0 Å². The van der Waals surface area contributed by atoms with Gasteiger partial charge in [0.25, 0.3) is 0 Å². The Labute approximate surface area is 90.2 Å². The molecule has 2 nitrogen and oxygen atoms in total. The van der Waals surface area contributed by atoms with E-state index in [1.165, 1.54) is 0 Å². The summed E-state index contributed by atoms with van der Waals surface area (Å²) in [6, 6.07) is 7.32. The summed E-state index contributed by atoms with van der Waals surface area (Å²) in [5.41, 5.74) is 12.9. The number of hydrogen-bond acceptors (Lipinski definition) is 2. The zero-order chi connectivity index (χ0) is 10.7. The second-order valence-electron chi connectivity index (χ2n) is 3.87. The van der Waals surface area contributed by atoms with Gasteiger partial charge in [-0.3, -0.25) is 0 Å². The second-order valence-corrected chi connectivity index (χ2v) is 4.28. The van der Waals surface area contributed by atoms with E-state index in [4.69, 9.17) is 23.1 Å². The summed E-state index contributed by atoms with van der Waals surface area (Å²) in [5, 5.41) is 0.691. The predicted octanol–water partition coefficient (Wildman–Crippen LogP) is 2.32. The highest BCUT2D eigenvalue weighted by Crippen LogP contribution is 2.24. The number of nitrogens with two attached hydrogens (primary N) is 2. The molecule has 0 radical (unpaired) electrons. The van der Waals surface area contributed by atoms with E-state index in [2.05, 4.69) is 13.8 Å². The molecule has 0 heterocycles. The minimum atomic E-state index is -0.191. The van der Waals surface area contributed by atoms with Crippen molar-refractivity contribution in [1.82, 2.24) is 0 Å². The molecule has 0 spiro atoms. The van der Waals surface area contributed by atoms with Gasteiger partial charge in [-0.1, -0.05) is 43.6 Å². The molecule has 0 saturated carbocycles. The van der Waals surface area contributed by atoms with E-state index in [9.17, 15) is 0 Å². The Balaban J connectivity index is 2.89. The lowest BCUT2D eigenvalue weighted by Crippen LogP contribution is -2.38. The Hall–Kier alpha value is -0.570. The molecule has 14 heavy (non-hydrogen) atoms. The first-order valence-corrected chi connectivity index (χ1v) is 5.17. The first-order valence-electron chi connectivity index (χ1n) is 4.79. The molecule has 0 saturated heterocycles. The molecule has 0 amide bonds. The third-order valence-corrected chi connectivity index (χ3v) is 2.79. The van der Waals surface area contributed by atoms with Crippen LogP contribution in [-0.4, -0.2) is 6.04 Å². The van der Waals surface area contributed by atoms with Gasteiger partial charge in [0.2, 0.25) is 0 Å². The highest BCUT2D eigenvalue weighted by Gasteiger charge is 2.20. The molecule has 0 bridgehead atoms. The maximum Gasteiger partial charge on any atom is 0.0466 e. The Bertz CT molecular complexity index is 299. The van der Waals surface area contributed by atoms with E-state index in [1.54, 1.807) is 0 Å². The molecule has 0 aromatic heterocycles. The van der Waals surface area contributed by atoms with Crippen molar-refractivity contribution in [3.63, 3.8) is 0 Å². The normalized spacial score (nSPS) is 15.6. The quantitative estimate of drug-likeness (QED) is 0.808. The van der Waals surface area contributed by atoms with Gasteiger partial charge in [0.15, 0.2) is 0 Å². The van der Waals surface area contributed by atoms with Gasteiger partial charge in [-0.2, -0.15) is 0 Å². The van der Waals surface area contributed by atoms with Crippen molar-refractivity contribution >= 4 is 11.6 Å². The molecule has 2 atom stereocenters. The summed E-state index contributed by atoms with van der Waals surface area (Å²) in [4.78, 5) is 0. The van der Waals surface area contributed by atoms with E-state index in [1.807, 2.05) is 24.3 Å². The molecule has 3 heteroatoms. The zero-order valence-electron chi connectivity index (χ0n) is 8.57. The molecular weight excluding hydrogens is 196 g/mol. The number of rotatable bonds is 3. The van der Waals surface area contributed by atoms with Gasteiger partial charge < -0.3 is 11.5 Å². The molecule has 0 aliphatic rings. The van der Waals surface area contributed by atoms with Crippen molar-refractivity contribution < 1.29 is 0 Å². The Morgan fingerprint density at radius 1 is 1.14 bits per heavy atom. The minimum Gasteiger partial charge on any atom is -0.326 e. The smallest absolute Gasteiger partial charge is 0.0466 e. The summed E-state index contributed by atoms with van der Waals surface area (Å²) in [6.07, 6.45) is 0. The summed E-state index contributed by atoms with van der Waals surface area (Å²) < 4.78 is 0. The molecule has 4 N–H and O–H groups in total. The standard InChI is InChI=1S/C11H17ClN2/c1-7(2)10(13)11(14)8-5-3-4-6-9(8)12/h3-7,10-11H,13-14H2,1-2H3/t10-,11-/m0/s1. The van der Waals surface area contributed by atoms with Crippen molar-refractivity contribution in [3.8, 4) is 0 Å². The largest absolute Gasteiger partial charge is 0.326 e. The lowest BCUT2D eigenvalue weighted by molar-refractivity contribution is 0.423. The van der Waals surface area contributed by atoms with Crippen LogP contribution in [-0.2, 0) is 0 Å². The Morgan fingerprint density at radius 3 is 2.21 bits per heavy atom. The number of halogens is 1. The van der Waals surface area contributed by atoms with Crippen molar-refractivity contribution in [2.24, 2.45) is 17.4 Å². The van der Waals surface area contributed by atoms with Gasteiger partial charge in [0.05, 0.1) is 0 Å². The first-order chi connectivity index (χ1) is 6.54. The molecule has 78 valence electrons. The maximum atomic E-state index is 6.03. The van der Waals surface area contributed by atoms with E-state index < -0.39 is 0 Å². The topological polar surface area (TPSA) is 52.0 Å². The third kappa shape index (κ3) is 2.47. The maximum absolute atomic E-state index is 6.03. The fourth-order valence-electron chi connectivity index (χ4n) is 1.37. The summed E-state index contributed by atoms with van der Waals surface area (Å²) in [7, 11) is 0. The van der Waals surface area contributed by atoms with Crippen molar-refractivity contribution in [3.05, 3.63) is 34.9 Å². The van der Waals surface area contributed by atoms with Gasteiger partial charge in [-0.05, 0) is 17.5 Å². The second kappa shape index (κ2) is 4.78. The summed E-state index contributed by atoms with van der Waals surface area (Å²) >= 11 is 6.03. The van der Waals surface area contributed by atoms with Crippen LogP contribution >= 0.6 is 11.6 Å². The van der Waals surface area contributed by atoms with Crippen molar-refractivity contribution in [2.45, 2.75) is 25.9 Å². The van der Waals surface area contributed by atoms with Crippen LogP contribution in [0.4, 0.5) is 0 Å². The van der Waals surface area contributed by atoms with Crippen LogP contribution in [0.15, 0.2) is 24.3 Å².